The van der Waals surface area contributed by atoms with E-state index in [9.17, 15) is 4.79 Å². The zero-order valence-electron chi connectivity index (χ0n) is 9.98. The maximum absolute atomic E-state index is 10.7. The Labute approximate surface area is 110 Å². The average molecular weight is 275 g/mol. The Bertz CT molecular complexity index is 401. The molecule has 0 unspecified atom stereocenters. The number of methoxy groups -OCH3 is 1. The van der Waals surface area contributed by atoms with E-state index in [1.807, 2.05) is 0 Å². The van der Waals surface area contributed by atoms with Crippen LogP contribution < -0.4 is 5.32 Å². The van der Waals surface area contributed by atoms with E-state index in [1.54, 1.807) is 7.11 Å². The minimum absolute atomic E-state index is 0.0573. The van der Waals surface area contributed by atoms with Crippen LogP contribution in [0.2, 0.25) is 5.02 Å². The highest BCUT2D eigenvalue weighted by Crippen LogP contribution is 2.19. The number of pyridine rings is 1. The van der Waals surface area contributed by atoms with Gasteiger partial charge in [0, 0.05) is 19.9 Å². The molecule has 0 bridgehead atoms. The molecule has 0 aliphatic rings. The highest BCUT2D eigenvalue weighted by molar-refractivity contribution is 6.33. The summed E-state index contributed by atoms with van der Waals surface area (Å²) < 4.78 is 10.1. The molecule has 0 aliphatic heterocycles. The van der Waals surface area contributed by atoms with Gasteiger partial charge in [0.25, 0.3) is 0 Å². The number of aromatic carboxylic acids is 1. The Balaban J connectivity index is 2.36. The Morgan fingerprint density at radius 3 is 2.89 bits per heavy atom. The number of hydrogen-bond acceptors (Lipinski definition) is 5. The summed E-state index contributed by atoms with van der Waals surface area (Å²) in [5, 5.41) is 12.0. The lowest BCUT2D eigenvalue weighted by Crippen LogP contribution is -2.13. The topological polar surface area (TPSA) is 80.7 Å². The van der Waals surface area contributed by atoms with Crippen LogP contribution in [0.5, 0.6) is 0 Å². The molecule has 1 rings (SSSR count). The van der Waals surface area contributed by atoms with Crippen LogP contribution in [0.3, 0.4) is 0 Å². The van der Waals surface area contributed by atoms with Crippen molar-refractivity contribution in [3.8, 4) is 0 Å². The van der Waals surface area contributed by atoms with Crippen molar-refractivity contribution < 1.29 is 19.4 Å². The van der Waals surface area contributed by atoms with Gasteiger partial charge in [0.15, 0.2) is 0 Å². The number of aromatic nitrogens is 1. The monoisotopic (exact) mass is 274 g/mol. The molecule has 6 nitrogen and oxygen atoms in total. The Hall–Kier alpha value is -1.37. The fraction of sp³-hybridized carbons (Fsp3) is 0.455. The lowest BCUT2D eigenvalue weighted by molar-refractivity contribution is 0.0696. The van der Waals surface area contributed by atoms with Crippen molar-refractivity contribution in [1.29, 1.82) is 0 Å². The molecule has 0 fully saturated rings. The SMILES string of the molecule is COCCOCCNc1ncc(C(=O)O)cc1Cl. The van der Waals surface area contributed by atoms with Crippen LogP contribution in [0, 0.1) is 0 Å². The van der Waals surface area contributed by atoms with E-state index >= 15 is 0 Å². The van der Waals surface area contributed by atoms with Crippen LogP contribution >= 0.6 is 11.6 Å². The molecule has 1 heterocycles. The molecule has 0 amide bonds. The first kappa shape index (κ1) is 14.7. The second kappa shape index (κ2) is 7.86. The van der Waals surface area contributed by atoms with Gasteiger partial charge in [0.05, 0.1) is 30.4 Å². The van der Waals surface area contributed by atoms with Gasteiger partial charge in [-0.2, -0.15) is 0 Å². The van der Waals surface area contributed by atoms with Crippen molar-refractivity contribution in [1.82, 2.24) is 4.98 Å². The number of nitrogens with one attached hydrogen (secondary N) is 1. The molecular formula is C11H15ClN2O4. The van der Waals surface area contributed by atoms with Gasteiger partial charge in [0.2, 0.25) is 0 Å². The molecular weight excluding hydrogens is 260 g/mol. The van der Waals surface area contributed by atoms with Crippen LogP contribution in [0.4, 0.5) is 5.82 Å². The minimum atomic E-state index is -1.06. The number of hydrogen-bond donors (Lipinski definition) is 2. The van der Waals surface area contributed by atoms with Crippen molar-refractivity contribution in [2.75, 3.05) is 38.8 Å². The molecule has 0 saturated carbocycles. The van der Waals surface area contributed by atoms with Crippen molar-refractivity contribution in [2.24, 2.45) is 0 Å². The number of anilines is 1. The first-order valence-electron chi connectivity index (χ1n) is 5.34. The summed E-state index contributed by atoms with van der Waals surface area (Å²) >= 11 is 5.89. The van der Waals surface area contributed by atoms with E-state index in [2.05, 4.69) is 10.3 Å². The fourth-order valence-electron chi connectivity index (χ4n) is 1.17. The normalized spacial score (nSPS) is 10.3. The Morgan fingerprint density at radius 2 is 2.28 bits per heavy atom. The van der Waals surface area contributed by atoms with Crippen LogP contribution in [0.15, 0.2) is 12.3 Å². The number of carbonyl (C=O) groups is 1. The Morgan fingerprint density at radius 1 is 1.50 bits per heavy atom. The summed E-state index contributed by atoms with van der Waals surface area (Å²) in [6.45, 7) is 2.09. The third-order valence-corrected chi connectivity index (χ3v) is 2.35. The van der Waals surface area contributed by atoms with Crippen molar-refractivity contribution in [2.45, 2.75) is 0 Å². The molecule has 1 aromatic heterocycles. The first-order chi connectivity index (χ1) is 8.65. The predicted molar refractivity (Wildman–Crippen MR) is 67.4 cm³/mol. The smallest absolute Gasteiger partial charge is 0.337 e. The number of carboxylic acid groups (broad SMARTS) is 1. The summed E-state index contributed by atoms with van der Waals surface area (Å²) in [4.78, 5) is 14.6. The number of halogens is 1. The maximum atomic E-state index is 10.7. The highest BCUT2D eigenvalue weighted by Gasteiger charge is 2.07. The van der Waals surface area contributed by atoms with Crippen molar-refractivity contribution in [3.63, 3.8) is 0 Å². The van der Waals surface area contributed by atoms with E-state index in [4.69, 9.17) is 26.2 Å². The van der Waals surface area contributed by atoms with Crippen molar-refractivity contribution in [3.05, 3.63) is 22.8 Å². The van der Waals surface area contributed by atoms with E-state index in [0.717, 1.165) is 0 Å². The second-order valence-electron chi connectivity index (χ2n) is 3.39. The molecule has 0 radical (unpaired) electrons. The summed E-state index contributed by atoms with van der Waals surface area (Å²) in [7, 11) is 1.61. The van der Waals surface area contributed by atoms with Crippen molar-refractivity contribution >= 4 is 23.4 Å². The third-order valence-electron chi connectivity index (χ3n) is 2.06. The zero-order valence-corrected chi connectivity index (χ0v) is 10.7. The molecule has 7 heteroatoms. The van der Waals surface area contributed by atoms with E-state index in [0.29, 0.717) is 32.2 Å². The molecule has 100 valence electrons. The van der Waals surface area contributed by atoms with Gasteiger partial charge in [-0.05, 0) is 6.07 Å². The van der Waals surface area contributed by atoms with Crippen LogP contribution in [0.1, 0.15) is 10.4 Å². The standard InChI is InChI=1S/C11H15ClN2O4/c1-17-4-5-18-3-2-13-10-9(12)6-8(7-14-10)11(15)16/h6-7H,2-5H2,1H3,(H,13,14)(H,15,16). The van der Waals surface area contributed by atoms with Gasteiger partial charge in [-0.3, -0.25) is 0 Å². The largest absolute Gasteiger partial charge is 0.478 e. The zero-order chi connectivity index (χ0) is 13.4. The first-order valence-corrected chi connectivity index (χ1v) is 5.72. The van der Waals surface area contributed by atoms with E-state index < -0.39 is 5.97 Å². The molecule has 0 atom stereocenters. The maximum Gasteiger partial charge on any atom is 0.337 e. The fourth-order valence-corrected chi connectivity index (χ4v) is 1.40. The average Bonchev–Trinajstić information content (AvgIpc) is 2.35. The van der Waals surface area contributed by atoms with Gasteiger partial charge in [-0.15, -0.1) is 0 Å². The molecule has 1 aromatic rings. The molecule has 0 aliphatic carbocycles. The number of rotatable bonds is 8. The van der Waals surface area contributed by atoms with E-state index in [-0.39, 0.29) is 10.6 Å². The van der Waals surface area contributed by atoms with Crippen LogP contribution in [0.25, 0.3) is 0 Å². The second-order valence-corrected chi connectivity index (χ2v) is 3.80. The van der Waals surface area contributed by atoms with Gasteiger partial charge in [0.1, 0.15) is 5.82 Å². The van der Waals surface area contributed by atoms with Gasteiger partial charge >= 0.3 is 5.97 Å². The van der Waals surface area contributed by atoms with E-state index in [1.165, 1.54) is 12.3 Å². The van der Waals surface area contributed by atoms with Gasteiger partial charge in [-0.25, -0.2) is 9.78 Å². The third kappa shape index (κ3) is 4.87. The highest BCUT2D eigenvalue weighted by atomic mass is 35.5. The Kier molecular flexibility index (Phi) is 6.42. The predicted octanol–water partition coefficient (Wildman–Crippen LogP) is 1.51. The van der Waals surface area contributed by atoms with Gasteiger partial charge < -0.3 is 19.9 Å². The molecule has 0 saturated heterocycles. The molecule has 2 N–H and O–H groups in total. The number of ether oxygens (including phenoxy) is 2. The quantitative estimate of drug-likeness (QED) is 0.700. The number of nitrogens with zero attached hydrogens (tertiary/aromatic N) is 1. The molecule has 0 spiro atoms. The summed E-state index contributed by atoms with van der Waals surface area (Å²) in [6, 6.07) is 1.35. The number of carboxylic acids is 1. The summed E-state index contributed by atoms with van der Waals surface area (Å²) in [5.41, 5.74) is 0.0573. The molecule has 0 aromatic carbocycles. The molecule has 18 heavy (non-hydrogen) atoms. The summed E-state index contributed by atoms with van der Waals surface area (Å²) in [6.07, 6.45) is 1.25. The lowest BCUT2D eigenvalue weighted by Gasteiger charge is -2.08. The minimum Gasteiger partial charge on any atom is -0.478 e. The summed E-state index contributed by atoms with van der Waals surface area (Å²) in [5.74, 6) is -0.615. The van der Waals surface area contributed by atoms with Crippen LogP contribution in [-0.4, -0.2) is 49.5 Å². The van der Waals surface area contributed by atoms with Crippen LogP contribution in [-0.2, 0) is 9.47 Å². The lowest BCUT2D eigenvalue weighted by atomic mass is 10.3. The van der Waals surface area contributed by atoms with Gasteiger partial charge in [-0.1, -0.05) is 11.6 Å².